The van der Waals surface area contributed by atoms with Gasteiger partial charge in [-0.1, -0.05) is 0 Å². The van der Waals surface area contributed by atoms with E-state index in [1.165, 1.54) is 44.3 Å². The topological polar surface area (TPSA) is 3.24 Å². The molecular weight excluding hydrogens is 421 g/mol. The quantitative estimate of drug-likeness (QED) is 0.530. The third-order valence-electron chi connectivity index (χ3n) is 5.41. The maximum absolute atomic E-state index is 2.35. The normalized spacial score (nSPS) is 13.1. The molecule has 4 rings (SSSR count). The largest absolute Gasteiger partial charge is 1.00 e. The van der Waals surface area contributed by atoms with Gasteiger partial charge in [-0.3, -0.25) is 0 Å². The predicted molar refractivity (Wildman–Crippen MR) is 108 cm³/mol. The molecule has 1 nitrogen and oxygen atoms in total. The first-order valence-corrected chi connectivity index (χ1v) is 9.76. The van der Waals surface area contributed by atoms with Crippen LogP contribution in [0.15, 0.2) is 84.0 Å². The van der Waals surface area contributed by atoms with Crippen molar-refractivity contribution in [1.82, 2.24) is 0 Å². The summed E-state index contributed by atoms with van der Waals surface area (Å²) >= 11 is 2.18. The van der Waals surface area contributed by atoms with E-state index in [0.717, 1.165) is 13.0 Å². The van der Waals surface area contributed by atoms with Gasteiger partial charge in [0.2, 0.25) is 0 Å². The molecule has 1 aliphatic rings. The molecule has 0 spiro atoms. The standard InChI is InChI=1S/C24H22N.2ClH.Ti/c1-17-12-14-21(18(17)2)23-15-13-19-8-6-7-11-22(19)24(23)16-25-20-9-4-3-5-10-20;;;/h3-13,15H,14,16H2,1-2H3;2*1H;/q-1;;;+3/p-2. The molecule has 0 amide bonds. The van der Waals surface area contributed by atoms with Crippen molar-refractivity contribution in [3.63, 3.8) is 0 Å². The van der Waals surface area contributed by atoms with Gasteiger partial charge in [0.1, 0.15) is 0 Å². The van der Waals surface area contributed by atoms with Crippen molar-refractivity contribution in [2.75, 3.05) is 3.38 Å². The number of halogens is 2. The van der Waals surface area contributed by atoms with E-state index in [4.69, 9.17) is 0 Å². The van der Waals surface area contributed by atoms with Crippen LogP contribution in [-0.2, 0) is 27.2 Å². The minimum absolute atomic E-state index is 0. The second kappa shape index (κ2) is 9.81. The molecule has 0 fully saturated rings. The van der Waals surface area contributed by atoms with E-state index in [2.05, 4.69) is 111 Å². The average Bonchev–Trinajstić information content (AvgIpc) is 3.01. The fraction of sp³-hybridized carbons (Fsp3) is 0.167. The Kier molecular flexibility index (Phi) is 7.98. The fourth-order valence-corrected chi connectivity index (χ4v) is 4.24. The van der Waals surface area contributed by atoms with Gasteiger partial charge in [0, 0.05) is 0 Å². The number of allylic oxidation sites excluding steroid dienone is 4. The zero-order chi connectivity index (χ0) is 18.1. The monoisotopic (exact) mass is 442 g/mol. The van der Waals surface area contributed by atoms with Crippen LogP contribution in [0.1, 0.15) is 31.4 Å². The molecular formula is C24H22Cl2NTi. The number of fused-ring (bicyclic) bond motifs is 1. The maximum Gasteiger partial charge on any atom is -1.00 e. The van der Waals surface area contributed by atoms with Crippen LogP contribution >= 0.6 is 0 Å². The average molecular weight is 443 g/mol. The Morgan fingerprint density at radius 1 is 0.857 bits per heavy atom. The molecule has 0 heterocycles. The first kappa shape index (κ1) is 22.8. The Balaban J connectivity index is 0.00000140. The molecule has 4 heteroatoms. The van der Waals surface area contributed by atoms with Gasteiger partial charge in [-0.2, -0.15) is 0 Å². The molecule has 0 radical (unpaired) electrons. The first-order chi connectivity index (χ1) is 12.6. The summed E-state index contributed by atoms with van der Waals surface area (Å²) in [7, 11) is 0. The molecule has 1 aliphatic carbocycles. The molecule has 0 atom stereocenters. The van der Waals surface area contributed by atoms with Crippen LogP contribution in [0.4, 0.5) is 5.69 Å². The zero-order valence-corrected chi connectivity index (χ0v) is 19.1. The van der Waals surface area contributed by atoms with E-state index < -0.39 is 0 Å². The fourth-order valence-electron chi connectivity index (χ4n) is 3.76. The zero-order valence-electron chi connectivity index (χ0n) is 16.0. The molecule has 0 bridgehead atoms. The van der Waals surface area contributed by atoms with Crippen LogP contribution in [-0.4, -0.2) is 0 Å². The SMILES string of the molecule is CC1=CCC(c2ccc3ccccc3c2C[N]([Ti+2])c2ccccc2)=C1C.[Cl-].[Cl-]. The summed E-state index contributed by atoms with van der Waals surface area (Å²) in [6.07, 6.45) is 3.39. The number of nitrogens with zero attached hydrogens (tertiary/aromatic N) is 1. The number of benzene rings is 3. The van der Waals surface area contributed by atoms with Crippen LogP contribution < -0.4 is 28.2 Å². The Bertz CT molecular complexity index is 1030. The van der Waals surface area contributed by atoms with Gasteiger partial charge in [-0.25, -0.2) is 0 Å². The second-order valence-corrected chi connectivity index (χ2v) is 7.77. The molecule has 0 aliphatic heterocycles. The molecule has 0 saturated carbocycles. The molecule has 3 aromatic carbocycles. The maximum atomic E-state index is 2.35. The van der Waals surface area contributed by atoms with E-state index in [-0.39, 0.29) is 24.8 Å². The van der Waals surface area contributed by atoms with Crippen LogP contribution in [0, 0.1) is 0 Å². The van der Waals surface area contributed by atoms with Crippen LogP contribution in [0.3, 0.4) is 0 Å². The molecule has 0 aromatic heterocycles. The van der Waals surface area contributed by atoms with Crippen molar-refractivity contribution in [2.45, 2.75) is 26.8 Å². The van der Waals surface area contributed by atoms with E-state index in [0.29, 0.717) is 0 Å². The Morgan fingerprint density at radius 2 is 1.54 bits per heavy atom. The number of hydrogen-bond donors (Lipinski definition) is 0. The number of para-hydroxylation sites is 1. The van der Waals surface area contributed by atoms with Gasteiger partial charge in [0.25, 0.3) is 0 Å². The smallest absolute Gasteiger partial charge is 1.00 e. The Labute approximate surface area is 192 Å². The van der Waals surface area contributed by atoms with E-state index in [1.807, 2.05) is 0 Å². The van der Waals surface area contributed by atoms with E-state index in [1.54, 1.807) is 0 Å². The van der Waals surface area contributed by atoms with E-state index >= 15 is 0 Å². The van der Waals surface area contributed by atoms with Crippen molar-refractivity contribution >= 4 is 22.0 Å². The molecule has 0 N–H and O–H groups in total. The Morgan fingerprint density at radius 3 is 2.21 bits per heavy atom. The Hall–Kier alpha value is -1.51. The van der Waals surface area contributed by atoms with Gasteiger partial charge < -0.3 is 24.8 Å². The summed E-state index contributed by atoms with van der Waals surface area (Å²) in [5.74, 6) is 0. The summed E-state index contributed by atoms with van der Waals surface area (Å²) in [5.41, 5.74) is 8.39. The molecule has 141 valence electrons. The minimum Gasteiger partial charge on any atom is -1.00 e. The summed E-state index contributed by atoms with van der Waals surface area (Å²) in [6, 6.07) is 24.0. The van der Waals surface area contributed by atoms with Gasteiger partial charge in [-0.15, -0.1) is 0 Å². The van der Waals surface area contributed by atoms with Crippen molar-refractivity contribution in [3.05, 3.63) is 95.1 Å². The minimum atomic E-state index is 0. The van der Waals surface area contributed by atoms with Crippen LogP contribution in [0.25, 0.3) is 16.3 Å². The third kappa shape index (κ3) is 4.39. The van der Waals surface area contributed by atoms with Crippen molar-refractivity contribution in [1.29, 1.82) is 0 Å². The van der Waals surface area contributed by atoms with Gasteiger partial charge >= 0.3 is 168 Å². The van der Waals surface area contributed by atoms with Gasteiger partial charge in [0.15, 0.2) is 0 Å². The van der Waals surface area contributed by atoms with Crippen molar-refractivity contribution in [2.24, 2.45) is 0 Å². The number of rotatable bonds is 4. The molecule has 0 unspecified atom stereocenters. The van der Waals surface area contributed by atoms with Crippen molar-refractivity contribution in [3.8, 4) is 0 Å². The van der Waals surface area contributed by atoms with Gasteiger partial charge in [0.05, 0.1) is 0 Å². The number of anilines is 1. The third-order valence-corrected chi connectivity index (χ3v) is 6.06. The summed E-state index contributed by atoms with van der Waals surface area (Å²) < 4.78 is 2.34. The molecule has 0 saturated heterocycles. The molecule has 3 aromatic rings. The first-order valence-electron chi connectivity index (χ1n) is 9.07. The van der Waals surface area contributed by atoms with Gasteiger partial charge in [-0.05, 0) is 0 Å². The van der Waals surface area contributed by atoms with Crippen LogP contribution in [0.2, 0.25) is 0 Å². The summed E-state index contributed by atoms with van der Waals surface area (Å²) in [6.45, 7) is 5.38. The second-order valence-electron chi connectivity index (χ2n) is 6.93. The number of hydrogen-bond acceptors (Lipinski definition) is 1. The van der Waals surface area contributed by atoms with Crippen molar-refractivity contribution < 1.29 is 45.5 Å². The van der Waals surface area contributed by atoms with E-state index in [9.17, 15) is 0 Å². The predicted octanol–water partition coefficient (Wildman–Crippen LogP) is 0.440. The summed E-state index contributed by atoms with van der Waals surface area (Å²) in [5, 5.41) is 2.67. The summed E-state index contributed by atoms with van der Waals surface area (Å²) in [4.78, 5) is 0. The van der Waals surface area contributed by atoms with Crippen LogP contribution in [0.5, 0.6) is 0 Å². The molecule has 28 heavy (non-hydrogen) atoms.